The molecule has 2 nitrogen and oxygen atoms in total. The van der Waals surface area contributed by atoms with E-state index in [9.17, 15) is 4.39 Å². The third kappa shape index (κ3) is 3.35. The molecule has 0 aliphatic heterocycles. The molecule has 3 aromatic carbocycles. The van der Waals surface area contributed by atoms with Crippen LogP contribution in [0.15, 0.2) is 84.9 Å². The van der Waals surface area contributed by atoms with E-state index in [1.165, 1.54) is 12.1 Å². The maximum atomic E-state index is 14.4. The zero-order valence-corrected chi connectivity index (χ0v) is 14.5. The average molecular weight is 361 g/mol. The van der Waals surface area contributed by atoms with Gasteiger partial charge in [0.05, 0.1) is 11.4 Å². The van der Waals surface area contributed by atoms with E-state index in [1.807, 2.05) is 60.7 Å². The zero-order valence-electron chi connectivity index (χ0n) is 13.7. The van der Waals surface area contributed by atoms with Crippen molar-refractivity contribution in [3.63, 3.8) is 0 Å². The molecule has 0 N–H and O–H groups in total. The molecule has 0 saturated carbocycles. The summed E-state index contributed by atoms with van der Waals surface area (Å²) in [6.45, 7) is 0. The second-order valence-corrected chi connectivity index (χ2v) is 6.25. The maximum Gasteiger partial charge on any atom is 0.160 e. The van der Waals surface area contributed by atoms with E-state index in [4.69, 9.17) is 11.6 Å². The second-order valence-electron chi connectivity index (χ2n) is 5.82. The standard InChI is InChI=1S/C22H14ClFN2/c23-17-11-12-19(24)18(13-17)21-14-20(15-7-3-1-4-8-15)25-22(26-21)16-9-5-2-6-10-16/h1-14H. The fraction of sp³-hybridized carbons (Fsp3) is 0. The Morgan fingerprint density at radius 1 is 0.654 bits per heavy atom. The van der Waals surface area contributed by atoms with Crippen molar-refractivity contribution in [1.82, 2.24) is 9.97 Å². The first-order valence-electron chi connectivity index (χ1n) is 8.16. The summed E-state index contributed by atoms with van der Waals surface area (Å²) in [5.74, 6) is 0.174. The highest BCUT2D eigenvalue weighted by molar-refractivity contribution is 6.30. The third-order valence-corrected chi connectivity index (χ3v) is 4.27. The number of aromatic nitrogens is 2. The minimum absolute atomic E-state index is 0.356. The first-order chi connectivity index (χ1) is 12.7. The van der Waals surface area contributed by atoms with Crippen LogP contribution in [0.2, 0.25) is 5.02 Å². The van der Waals surface area contributed by atoms with E-state index in [0.717, 1.165) is 16.8 Å². The molecule has 0 unspecified atom stereocenters. The number of rotatable bonds is 3. The van der Waals surface area contributed by atoms with Crippen LogP contribution in [0.5, 0.6) is 0 Å². The molecule has 4 heteroatoms. The molecule has 4 aromatic rings. The molecule has 1 aromatic heterocycles. The summed E-state index contributed by atoms with van der Waals surface area (Å²) in [7, 11) is 0. The van der Waals surface area contributed by atoms with Gasteiger partial charge in [-0.05, 0) is 24.3 Å². The van der Waals surface area contributed by atoms with Crippen LogP contribution in [0, 0.1) is 5.82 Å². The quantitative estimate of drug-likeness (QED) is 0.430. The molecule has 126 valence electrons. The van der Waals surface area contributed by atoms with Crippen LogP contribution in [0.25, 0.3) is 33.9 Å². The van der Waals surface area contributed by atoms with Gasteiger partial charge in [0.2, 0.25) is 0 Å². The van der Waals surface area contributed by atoms with Crippen molar-refractivity contribution < 1.29 is 4.39 Å². The van der Waals surface area contributed by atoms with Gasteiger partial charge >= 0.3 is 0 Å². The smallest absolute Gasteiger partial charge is 0.160 e. The summed E-state index contributed by atoms with van der Waals surface area (Å²) >= 11 is 6.07. The van der Waals surface area contributed by atoms with E-state index in [2.05, 4.69) is 9.97 Å². The monoisotopic (exact) mass is 360 g/mol. The largest absolute Gasteiger partial charge is 0.228 e. The third-order valence-electron chi connectivity index (χ3n) is 4.03. The molecule has 0 atom stereocenters. The molecule has 0 radical (unpaired) electrons. The summed E-state index contributed by atoms with van der Waals surface area (Å²) in [4.78, 5) is 9.28. The molecule has 4 rings (SSSR count). The Morgan fingerprint density at radius 2 is 1.27 bits per heavy atom. The normalized spacial score (nSPS) is 10.7. The molecule has 0 amide bonds. The van der Waals surface area contributed by atoms with Gasteiger partial charge < -0.3 is 0 Å². The Kier molecular flexibility index (Phi) is 4.46. The predicted octanol–water partition coefficient (Wildman–Crippen LogP) is 6.27. The number of benzene rings is 3. The SMILES string of the molecule is Fc1ccc(Cl)cc1-c1cc(-c2ccccc2)nc(-c2ccccc2)n1. The average Bonchev–Trinajstić information content (AvgIpc) is 2.71. The van der Waals surface area contributed by atoms with Crippen molar-refractivity contribution in [2.45, 2.75) is 0 Å². The highest BCUT2D eigenvalue weighted by atomic mass is 35.5. The molecular weight excluding hydrogens is 347 g/mol. The summed E-state index contributed by atoms with van der Waals surface area (Å²) in [5.41, 5.74) is 3.39. The van der Waals surface area contributed by atoms with E-state index in [-0.39, 0.29) is 5.82 Å². The molecule has 0 bridgehead atoms. The van der Waals surface area contributed by atoms with Gasteiger partial charge in [0.1, 0.15) is 5.82 Å². The molecular formula is C22H14ClFN2. The van der Waals surface area contributed by atoms with Crippen molar-refractivity contribution in [3.8, 4) is 33.9 Å². The van der Waals surface area contributed by atoms with Crippen molar-refractivity contribution in [2.75, 3.05) is 0 Å². The Labute approximate surface area is 156 Å². The summed E-state index contributed by atoms with van der Waals surface area (Å²) < 4.78 is 14.4. The van der Waals surface area contributed by atoms with Crippen LogP contribution >= 0.6 is 11.6 Å². The summed E-state index contributed by atoms with van der Waals surface area (Å²) in [6, 6.07) is 25.7. The highest BCUT2D eigenvalue weighted by Crippen LogP contribution is 2.30. The minimum Gasteiger partial charge on any atom is -0.228 e. The second kappa shape index (κ2) is 7.06. The van der Waals surface area contributed by atoms with Crippen molar-refractivity contribution in [3.05, 3.63) is 95.8 Å². The summed E-state index contributed by atoms with van der Waals surface area (Å²) in [6.07, 6.45) is 0. The van der Waals surface area contributed by atoms with Crippen LogP contribution < -0.4 is 0 Å². The Balaban J connectivity index is 1.95. The van der Waals surface area contributed by atoms with Crippen LogP contribution in [-0.2, 0) is 0 Å². The number of hydrogen-bond donors (Lipinski definition) is 0. The van der Waals surface area contributed by atoms with E-state index < -0.39 is 0 Å². The fourth-order valence-corrected chi connectivity index (χ4v) is 2.92. The van der Waals surface area contributed by atoms with Gasteiger partial charge in [-0.2, -0.15) is 0 Å². The van der Waals surface area contributed by atoms with E-state index in [0.29, 0.717) is 22.1 Å². The van der Waals surface area contributed by atoms with Crippen LogP contribution in [0.4, 0.5) is 4.39 Å². The van der Waals surface area contributed by atoms with Gasteiger partial charge in [-0.3, -0.25) is 0 Å². The van der Waals surface area contributed by atoms with Gasteiger partial charge in [0.25, 0.3) is 0 Å². The lowest BCUT2D eigenvalue weighted by Gasteiger charge is -2.10. The Hall–Kier alpha value is -3.04. The van der Waals surface area contributed by atoms with Gasteiger partial charge in [0, 0.05) is 21.7 Å². The van der Waals surface area contributed by atoms with Gasteiger partial charge in [-0.15, -0.1) is 0 Å². The lowest BCUT2D eigenvalue weighted by molar-refractivity contribution is 0.630. The van der Waals surface area contributed by atoms with Crippen molar-refractivity contribution >= 4 is 11.6 Å². The van der Waals surface area contributed by atoms with E-state index in [1.54, 1.807) is 12.1 Å². The van der Waals surface area contributed by atoms with Crippen molar-refractivity contribution in [1.29, 1.82) is 0 Å². The Bertz CT molecular complexity index is 992. The number of hydrogen-bond acceptors (Lipinski definition) is 2. The first kappa shape index (κ1) is 16.4. The van der Waals surface area contributed by atoms with Crippen LogP contribution in [0.1, 0.15) is 0 Å². The van der Waals surface area contributed by atoms with Crippen molar-refractivity contribution in [2.24, 2.45) is 0 Å². The van der Waals surface area contributed by atoms with Crippen LogP contribution in [-0.4, -0.2) is 9.97 Å². The van der Waals surface area contributed by atoms with Gasteiger partial charge in [-0.1, -0.05) is 72.3 Å². The summed E-state index contributed by atoms with van der Waals surface area (Å²) in [5, 5.41) is 0.461. The number of halogens is 2. The van der Waals surface area contributed by atoms with E-state index >= 15 is 0 Å². The lowest BCUT2D eigenvalue weighted by Crippen LogP contribution is -1.97. The number of nitrogens with zero attached hydrogens (tertiary/aromatic N) is 2. The van der Waals surface area contributed by atoms with Crippen LogP contribution in [0.3, 0.4) is 0 Å². The topological polar surface area (TPSA) is 25.8 Å². The fourth-order valence-electron chi connectivity index (χ4n) is 2.75. The van der Waals surface area contributed by atoms with Gasteiger partial charge in [-0.25, -0.2) is 14.4 Å². The lowest BCUT2D eigenvalue weighted by atomic mass is 10.1. The maximum absolute atomic E-state index is 14.4. The molecule has 1 heterocycles. The molecule has 0 spiro atoms. The molecule has 0 aliphatic rings. The minimum atomic E-state index is -0.369. The highest BCUT2D eigenvalue weighted by Gasteiger charge is 2.13. The molecule has 0 aliphatic carbocycles. The zero-order chi connectivity index (χ0) is 17.9. The molecule has 0 saturated heterocycles. The molecule has 0 fully saturated rings. The molecule has 26 heavy (non-hydrogen) atoms. The predicted molar refractivity (Wildman–Crippen MR) is 103 cm³/mol. The first-order valence-corrected chi connectivity index (χ1v) is 8.54. The van der Waals surface area contributed by atoms with Gasteiger partial charge in [0.15, 0.2) is 5.82 Å². The Morgan fingerprint density at radius 3 is 1.96 bits per heavy atom.